The number of carbonyl (C=O) groups is 2. The lowest BCUT2D eigenvalue weighted by molar-refractivity contribution is -0.143. The van der Waals surface area contributed by atoms with Gasteiger partial charge < -0.3 is 10.6 Å². The topological polar surface area (TPSA) is 120 Å². The number of thioether (sulfide) groups is 1. The lowest BCUT2D eigenvalue weighted by atomic mass is 10.2. The number of hydrogen-bond donors (Lipinski definition) is 4. The summed E-state index contributed by atoms with van der Waals surface area (Å²) in [6.07, 6.45) is 0.695. The molecular weight excluding hydrogens is 497 g/mol. The van der Waals surface area contributed by atoms with Crippen LogP contribution in [0.2, 0.25) is 0 Å². The summed E-state index contributed by atoms with van der Waals surface area (Å²) in [5.74, 6) is 0.859. The summed E-state index contributed by atoms with van der Waals surface area (Å²) in [7, 11) is -3.75. The Labute approximate surface area is 202 Å². The van der Waals surface area contributed by atoms with E-state index in [0.29, 0.717) is 30.3 Å². The molecule has 1 aromatic carbocycles. The molecule has 4 N–H and O–H groups in total. The Balaban J connectivity index is 1.65. The quantitative estimate of drug-likeness (QED) is 0.378. The van der Waals surface area contributed by atoms with Crippen molar-refractivity contribution in [2.45, 2.75) is 48.0 Å². The van der Waals surface area contributed by atoms with E-state index in [4.69, 9.17) is 23.2 Å². The first-order chi connectivity index (χ1) is 15.1. The van der Waals surface area contributed by atoms with Crippen LogP contribution in [-0.4, -0.2) is 72.8 Å². The van der Waals surface area contributed by atoms with Crippen molar-refractivity contribution in [2.24, 2.45) is 0 Å². The number of alkyl halides is 2. The van der Waals surface area contributed by atoms with E-state index in [1.165, 1.54) is 6.07 Å². The zero-order valence-corrected chi connectivity index (χ0v) is 20.9. The fraction of sp³-hybridized carbons (Fsp3) is 0.579. The van der Waals surface area contributed by atoms with Gasteiger partial charge in [-0.15, -0.1) is 35.0 Å². The predicted molar refractivity (Wildman–Crippen MR) is 127 cm³/mol. The number of hydrazine groups is 1. The minimum Gasteiger partial charge on any atom is -0.324 e. The van der Waals surface area contributed by atoms with Crippen LogP contribution in [-0.2, 0) is 19.6 Å². The Morgan fingerprint density at radius 1 is 1.38 bits per heavy atom. The van der Waals surface area contributed by atoms with E-state index in [1.54, 1.807) is 37.7 Å². The van der Waals surface area contributed by atoms with Crippen LogP contribution in [0.5, 0.6) is 0 Å². The molecule has 3 unspecified atom stereocenters. The minimum absolute atomic E-state index is 0.0923. The molecule has 13 heteroatoms. The van der Waals surface area contributed by atoms with Crippen LogP contribution in [0.3, 0.4) is 0 Å². The first-order valence-electron chi connectivity index (χ1n) is 10.2. The van der Waals surface area contributed by atoms with Gasteiger partial charge in [-0.1, -0.05) is 6.07 Å². The third-order valence-corrected chi connectivity index (χ3v) is 8.98. The van der Waals surface area contributed by atoms with E-state index in [9.17, 15) is 18.0 Å². The van der Waals surface area contributed by atoms with Crippen molar-refractivity contribution in [2.75, 3.05) is 30.0 Å². The van der Waals surface area contributed by atoms with E-state index in [0.717, 1.165) is 16.6 Å². The van der Waals surface area contributed by atoms with Gasteiger partial charge >= 0.3 is 0 Å². The average Bonchev–Trinajstić information content (AvgIpc) is 3.26. The number of nitrogens with zero attached hydrogens (tertiary/aromatic N) is 1. The number of amides is 2. The maximum Gasteiger partial charge on any atom is 0.257 e. The number of anilines is 1. The lowest BCUT2D eigenvalue weighted by Gasteiger charge is -2.36. The maximum absolute atomic E-state index is 12.8. The van der Waals surface area contributed by atoms with Gasteiger partial charge in [-0.2, -0.15) is 0 Å². The van der Waals surface area contributed by atoms with Crippen molar-refractivity contribution in [3.8, 4) is 0 Å². The van der Waals surface area contributed by atoms with Gasteiger partial charge in [0.15, 0.2) is 0 Å². The number of rotatable bonds is 8. The first kappa shape index (κ1) is 25.5. The number of aryl methyl sites for hydroxylation is 1. The Bertz CT molecular complexity index is 959. The van der Waals surface area contributed by atoms with Gasteiger partial charge in [0.1, 0.15) is 11.4 Å². The summed E-state index contributed by atoms with van der Waals surface area (Å²) >= 11 is 13.8. The summed E-state index contributed by atoms with van der Waals surface area (Å²) in [4.78, 5) is 25.1. The van der Waals surface area contributed by atoms with E-state index >= 15 is 0 Å². The van der Waals surface area contributed by atoms with Crippen molar-refractivity contribution in [1.29, 1.82) is 0 Å². The predicted octanol–water partition coefficient (Wildman–Crippen LogP) is 1.21. The molecule has 3 rings (SSSR count). The third kappa shape index (κ3) is 6.07. The van der Waals surface area contributed by atoms with Gasteiger partial charge in [0.2, 0.25) is 15.9 Å². The smallest absolute Gasteiger partial charge is 0.257 e. The molecule has 9 nitrogen and oxygen atoms in total. The van der Waals surface area contributed by atoms with Crippen LogP contribution < -0.4 is 20.8 Å². The molecule has 2 fully saturated rings. The third-order valence-electron chi connectivity index (χ3n) is 5.34. The number of nitrogens with one attached hydrogen (secondary N) is 4. The van der Waals surface area contributed by atoms with Gasteiger partial charge in [-0.25, -0.2) is 18.6 Å². The second-order valence-electron chi connectivity index (χ2n) is 7.74. The van der Waals surface area contributed by atoms with Crippen molar-refractivity contribution in [3.05, 3.63) is 23.8 Å². The highest BCUT2D eigenvalue weighted by atomic mass is 35.5. The second kappa shape index (κ2) is 10.9. The highest BCUT2D eigenvalue weighted by Crippen LogP contribution is 2.22. The van der Waals surface area contributed by atoms with E-state index in [2.05, 4.69) is 20.8 Å². The Kier molecular flexibility index (Phi) is 8.70. The molecular formula is C19H27Cl2N5O4S2. The standard InChI is InChI=1S/C19H27Cl2N5O4S2/c1-11-3-4-13(7-16(11)32(29,30)24-6-5-14-9-31-10-22-14)25-18(27)12(2)26-19(28)17(21)15(20)8-23-26/h3-4,7,12,14-15,17,22-24H,5-6,8-10H2,1-2H3,(H,25,27)/t12-,14?,15?,17?/m0/s1. The van der Waals surface area contributed by atoms with Crippen molar-refractivity contribution in [3.63, 3.8) is 0 Å². The van der Waals surface area contributed by atoms with Crippen LogP contribution in [0, 0.1) is 6.92 Å². The Morgan fingerprint density at radius 2 is 2.12 bits per heavy atom. The van der Waals surface area contributed by atoms with Crippen molar-refractivity contribution >= 4 is 62.5 Å². The molecule has 178 valence electrons. The van der Waals surface area contributed by atoms with E-state index in [1.807, 2.05) is 0 Å². The highest BCUT2D eigenvalue weighted by Gasteiger charge is 2.38. The molecule has 0 saturated carbocycles. The van der Waals surface area contributed by atoms with Crippen molar-refractivity contribution < 1.29 is 18.0 Å². The SMILES string of the molecule is Cc1ccc(NC(=O)[C@H](C)N2NCC(Cl)C(Cl)C2=O)cc1S(=O)(=O)NCCC1CSCN1. The molecule has 2 saturated heterocycles. The van der Waals surface area contributed by atoms with Crippen LogP contribution in [0.15, 0.2) is 23.1 Å². The number of sulfonamides is 1. The zero-order chi connectivity index (χ0) is 23.5. The normalized spacial score (nSPS) is 25.1. The lowest BCUT2D eigenvalue weighted by Crippen LogP contribution is -2.62. The van der Waals surface area contributed by atoms with Gasteiger partial charge in [-0.3, -0.25) is 14.6 Å². The monoisotopic (exact) mass is 523 g/mol. The molecule has 0 spiro atoms. The van der Waals surface area contributed by atoms with Crippen LogP contribution in [0.1, 0.15) is 18.9 Å². The summed E-state index contributed by atoms with van der Waals surface area (Å²) in [5.41, 5.74) is 3.67. The summed E-state index contributed by atoms with van der Waals surface area (Å²) in [6, 6.07) is 4.06. The van der Waals surface area contributed by atoms with E-state index in [-0.39, 0.29) is 11.4 Å². The molecule has 0 aliphatic carbocycles. The summed E-state index contributed by atoms with van der Waals surface area (Å²) in [6.45, 7) is 3.79. The fourth-order valence-corrected chi connectivity index (χ4v) is 6.11. The van der Waals surface area contributed by atoms with Crippen LogP contribution >= 0.6 is 35.0 Å². The summed E-state index contributed by atoms with van der Waals surface area (Å²) in [5, 5.41) is 5.61. The van der Waals surface area contributed by atoms with Gasteiger partial charge in [-0.05, 0) is 38.0 Å². The fourth-order valence-electron chi connectivity index (χ4n) is 3.38. The molecule has 0 bridgehead atoms. The van der Waals surface area contributed by atoms with Gasteiger partial charge in [0.25, 0.3) is 5.91 Å². The average molecular weight is 524 g/mol. The zero-order valence-electron chi connectivity index (χ0n) is 17.7. The number of benzene rings is 1. The molecule has 1 aromatic rings. The number of carbonyl (C=O) groups excluding carboxylic acids is 2. The minimum atomic E-state index is -3.75. The molecule has 2 amide bonds. The second-order valence-corrected chi connectivity index (χ2v) is 11.5. The van der Waals surface area contributed by atoms with E-state index < -0.39 is 38.6 Å². The van der Waals surface area contributed by atoms with Crippen LogP contribution in [0.25, 0.3) is 0 Å². The molecule has 2 aliphatic heterocycles. The molecule has 2 aliphatic rings. The maximum atomic E-state index is 12.8. The van der Waals surface area contributed by atoms with Crippen LogP contribution in [0.4, 0.5) is 5.69 Å². The molecule has 2 heterocycles. The highest BCUT2D eigenvalue weighted by molar-refractivity contribution is 7.99. The molecule has 4 atom stereocenters. The molecule has 0 aromatic heterocycles. The Morgan fingerprint density at radius 3 is 2.81 bits per heavy atom. The largest absolute Gasteiger partial charge is 0.324 e. The number of halogens is 2. The first-order valence-corrected chi connectivity index (χ1v) is 13.7. The van der Waals surface area contributed by atoms with Gasteiger partial charge in [0, 0.05) is 36.4 Å². The molecule has 0 radical (unpaired) electrons. The van der Waals surface area contributed by atoms with Gasteiger partial charge in [0.05, 0.1) is 10.3 Å². The molecule has 32 heavy (non-hydrogen) atoms. The summed E-state index contributed by atoms with van der Waals surface area (Å²) < 4.78 is 28.3. The Hall–Kier alpha value is -1.08. The number of hydrogen-bond acceptors (Lipinski definition) is 7. The van der Waals surface area contributed by atoms with Crippen molar-refractivity contribution in [1.82, 2.24) is 20.5 Å².